The van der Waals surface area contributed by atoms with Crippen molar-refractivity contribution in [3.63, 3.8) is 0 Å². The number of hydrogen-bond acceptors (Lipinski definition) is 4. The molecule has 3 N–H and O–H groups in total. The van der Waals surface area contributed by atoms with E-state index in [1.807, 2.05) is 12.2 Å². The molecule has 1 aliphatic heterocycles. The van der Waals surface area contributed by atoms with Crippen LogP contribution in [0.5, 0.6) is 0 Å². The summed E-state index contributed by atoms with van der Waals surface area (Å²) in [4.78, 5) is 12.4. The van der Waals surface area contributed by atoms with Crippen LogP contribution in [0.15, 0.2) is 35.2 Å². The molecule has 0 atom stereocenters. The molecule has 23 heavy (non-hydrogen) atoms. The molecule has 0 saturated carbocycles. The van der Waals surface area contributed by atoms with Crippen LogP contribution in [-0.2, 0) is 14.8 Å². The van der Waals surface area contributed by atoms with E-state index < -0.39 is 10.0 Å². The normalized spacial score (nSPS) is 19.3. The van der Waals surface area contributed by atoms with Gasteiger partial charge in [-0.25, -0.2) is 8.42 Å². The quantitative estimate of drug-likeness (QED) is 0.650. The van der Waals surface area contributed by atoms with Crippen molar-refractivity contribution in [3.8, 4) is 0 Å². The minimum Gasteiger partial charge on any atom is -0.397 e. The lowest BCUT2D eigenvalue weighted by atomic mass is 10.1. The summed E-state index contributed by atoms with van der Waals surface area (Å²) in [6.45, 7) is 1.09. The molecular formula is C16H21N3O3S. The van der Waals surface area contributed by atoms with Crippen LogP contribution < -0.4 is 11.1 Å². The molecule has 7 heteroatoms. The van der Waals surface area contributed by atoms with Crippen molar-refractivity contribution in [1.82, 2.24) is 4.31 Å². The molecule has 0 unspecified atom stereocenters. The van der Waals surface area contributed by atoms with Gasteiger partial charge in [-0.3, -0.25) is 4.79 Å². The van der Waals surface area contributed by atoms with E-state index in [2.05, 4.69) is 5.32 Å². The Morgan fingerprint density at radius 1 is 1.17 bits per heavy atom. The standard InChI is InChI=1S/C16H21N3O3S/c17-14-8-7-13(23(21,22)19-9-3-4-10-19)11-15(14)18-16(20)12-5-1-2-6-12/h1-2,7-8,11-12H,3-6,9-10,17H2,(H,18,20). The first-order chi connectivity index (χ1) is 11.0. The van der Waals surface area contributed by atoms with E-state index in [1.165, 1.54) is 22.5 Å². The van der Waals surface area contributed by atoms with Gasteiger partial charge in [0.15, 0.2) is 0 Å². The van der Waals surface area contributed by atoms with Gasteiger partial charge < -0.3 is 11.1 Å². The van der Waals surface area contributed by atoms with Crippen LogP contribution in [0.3, 0.4) is 0 Å². The first-order valence-corrected chi connectivity index (χ1v) is 9.28. The molecule has 2 aliphatic rings. The summed E-state index contributed by atoms with van der Waals surface area (Å²) in [5.74, 6) is -0.231. The molecule has 0 bridgehead atoms. The van der Waals surface area contributed by atoms with Crippen molar-refractivity contribution in [2.45, 2.75) is 30.6 Å². The van der Waals surface area contributed by atoms with E-state index >= 15 is 0 Å². The monoisotopic (exact) mass is 335 g/mol. The lowest BCUT2D eigenvalue weighted by Gasteiger charge is -2.17. The van der Waals surface area contributed by atoms with E-state index in [-0.39, 0.29) is 16.7 Å². The fourth-order valence-electron chi connectivity index (χ4n) is 2.95. The summed E-state index contributed by atoms with van der Waals surface area (Å²) in [5, 5.41) is 2.77. The molecule has 1 aromatic rings. The number of allylic oxidation sites excluding steroid dienone is 2. The molecule has 1 fully saturated rings. The van der Waals surface area contributed by atoms with Crippen molar-refractivity contribution >= 4 is 27.3 Å². The molecule has 1 amide bonds. The van der Waals surface area contributed by atoms with Gasteiger partial charge in [-0.1, -0.05) is 12.2 Å². The molecule has 3 rings (SSSR count). The largest absolute Gasteiger partial charge is 0.397 e. The Balaban J connectivity index is 1.82. The number of rotatable bonds is 4. The minimum absolute atomic E-state index is 0.103. The summed E-state index contributed by atoms with van der Waals surface area (Å²) in [5.41, 5.74) is 6.62. The number of nitrogens with two attached hydrogens (primary N) is 1. The van der Waals surface area contributed by atoms with Gasteiger partial charge >= 0.3 is 0 Å². The summed E-state index contributed by atoms with van der Waals surface area (Å²) in [6, 6.07) is 4.49. The average Bonchev–Trinajstić information content (AvgIpc) is 3.23. The second-order valence-corrected chi connectivity index (χ2v) is 7.93. The van der Waals surface area contributed by atoms with E-state index in [9.17, 15) is 13.2 Å². The maximum absolute atomic E-state index is 12.6. The summed E-state index contributed by atoms with van der Waals surface area (Å²) >= 11 is 0. The number of sulfonamides is 1. The molecule has 0 aromatic heterocycles. The number of carbonyl (C=O) groups is 1. The highest BCUT2D eigenvalue weighted by molar-refractivity contribution is 7.89. The predicted molar refractivity (Wildman–Crippen MR) is 89.3 cm³/mol. The zero-order valence-corrected chi connectivity index (χ0v) is 13.7. The maximum atomic E-state index is 12.6. The fourth-order valence-corrected chi connectivity index (χ4v) is 4.49. The number of carbonyl (C=O) groups excluding carboxylic acids is 1. The third-order valence-electron chi connectivity index (χ3n) is 4.36. The van der Waals surface area contributed by atoms with E-state index in [0.717, 1.165) is 12.8 Å². The minimum atomic E-state index is -3.52. The summed E-state index contributed by atoms with van der Waals surface area (Å²) in [7, 11) is -3.52. The van der Waals surface area contributed by atoms with Crippen LogP contribution in [0, 0.1) is 5.92 Å². The molecule has 6 nitrogen and oxygen atoms in total. The predicted octanol–water partition coefficient (Wildman–Crippen LogP) is 1.96. The van der Waals surface area contributed by atoms with Crippen molar-refractivity contribution in [1.29, 1.82) is 0 Å². The van der Waals surface area contributed by atoms with Gasteiger partial charge in [0.25, 0.3) is 0 Å². The number of nitrogens with one attached hydrogen (secondary N) is 1. The summed E-state index contributed by atoms with van der Waals surface area (Å²) in [6.07, 6.45) is 7.12. The molecule has 1 aromatic carbocycles. The van der Waals surface area contributed by atoms with Gasteiger partial charge in [-0.2, -0.15) is 4.31 Å². The maximum Gasteiger partial charge on any atom is 0.243 e. The van der Waals surface area contributed by atoms with Crippen LogP contribution in [0.1, 0.15) is 25.7 Å². The van der Waals surface area contributed by atoms with Crippen LogP contribution in [0.4, 0.5) is 11.4 Å². The number of amides is 1. The Labute approximate surface area is 136 Å². The lowest BCUT2D eigenvalue weighted by molar-refractivity contribution is -0.119. The molecule has 0 spiro atoms. The molecule has 0 radical (unpaired) electrons. The second-order valence-electron chi connectivity index (χ2n) is 5.99. The van der Waals surface area contributed by atoms with Crippen LogP contribution in [-0.4, -0.2) is 31.7 Å². The SMILES string of the molecule is Nc1ccc(S(=O)(=O)N2CCCC2)cc1NC(=O)C1CC=CC1. The van der Waals surface area contributed by atoms with Crippen LogP contribution in [0.2, 0.25) is 0 Å². The number of nitrogens with zero attached hydrogens (tertiary/aromatic N) is 1. The number of hydrogen-bond donors (Lipinski definition) is 2. The average molecular weight is 335 g/mol. The second kappa shape index (κ2) is 6.33. The Morgan fingerprint density at radius 3 is 2.48 bits per heavy atom. The number of anilines is 2. The highest BCUT2D eigenvalue weighted by atomic mass is 32.2. The first-order valence-electron chi connectivity index (χ1n) is 7.84. The van der Waals surface area contributed by atoms with Crippen LogP contribution >= 0.6 is 0 Å². The van der Waals surface area contributed by atoms with Crippen molar-refractivity contribution in [2.75, 3.05) is 24.1 Å². The van der Waals surface area contributed by atoms with Gasteiger partial charge in [0.2, 0.25) is 15.9 Å². The number of benzene rings is 1. The molecule has 1 aliphatic carbocycles. The van der Waals surface area contributed by atoms with Crippen molar-refractivity contribution in [3.05, 3.63) is 30.4 Å². The lowest BCUT2D eigenvalue weighted by Crippen LogP contribution is -2.28. The van der Waals surface area contributed by atoms with Crippen molar-refractivity contribution < 1.29 is 13.2 Å². The molecule has 1 saturated heterocycles. The van der Waals surface area contributed by atoms with E-state index in [4.69, 9.17) is 5.73 Å². The number of nitrogen functional groups attached to an aromatic ring is 1. The Bertz CT molecular complexity index is 729. The van der Waals surface area contributed by atoms with Crippen LogP contribution in [0.25, 0.3) is 0 Å². The van der Waals surface area contributed by atoms with Gasteiger partial charge in [0.1, 0.15) is 0 Å². The highest BCUT2D eigenvalue weighted by Gasteiger charge is 2.28. The highest BCUT2D eigenvalue weighted by Crippen LogP contribution is 2.28. The smallest absolute Gasteiger partial charge is 0.243 e. The Morgan fingerprint density at radius 2 is 1.83 bits per heavy atom. The van der Waals surface area contributed by atoms with E-state index in [0.29, 0.717) is 37.3 Å². The van der Waals surface area contributed by atoms with Gasteiger partial charge in [-0.15, -0.1) is 0 Å². The van der Waals surface area contributed by atoms with Gasteiger partial charge in [-0.05, 0) is 43.9 Å². The zero-order chi connectivity index (χ0) is 16.4. The third kappa shape index (κ3) is 3.25. The molecular weight excluding hydrogens is 314 g/mol. The topological polar surface area (TPSA) is 92.5 Å². The Hall–Kier alpha value is -1.86. The Kier molecular flexibility index (Phi) is 4.41. The molecule has 124 valence electrons. The van der Waals surface area contributed by atoms with E-state index in [1.54, 1.807) is 0 Å². The summed E-state index contributed by atoms with van der Waals surface area (Å²) < 4.78 is 26.7. The van der Waals surface area contributed by atoms with Gasteiger partial charge in [0.05, 0.1) is 16.3 Å². The molecule has 1 heterocycles. The fraction of sp³-hybridized carbons (Fsp3) is 0.438. The first kappa shape index (κ1) is 16.0. The third-order valence-corrected chi connectivity index (χ3v) is 6.26. The van der Waals surface area contributed by atoms with Crippen molar-refractivity contribution in [2.24, 2.45) is 5.92 Å². The van der Waals surface area contributed by atoms with Gasteiger partial charge in [0, 0.05) is 19.0 Å². The zero-order valence-electron chi connectivity index (χ0n) is 12.9.